The van der Waals surface area contributed by atoms with Crippen molar-refractivity contribution in [1.29, 1.82) is 0 Å². The van der Waals surface area contributed by atoms with Crippen molar-refractivity contribution >= 4 is 0 Å². The Labute approximate surface area is 107 Å². The van der Waals surface area contributed by atoms with E-state index in [0.717, 1.165) is 11.8 Å². The van der Waals surface area contributed by atoms with Crippen molar-refractivity contribution in [2.75, 3.05) is 0 Å². The van der Waals surface area contributed by atoms with E-state index in [-0.39, 0.29) is 5.60 Å². The summed E-state index contributed by atoms with van der Waals surface area (Å²) in [5, 5.41) is 0. The molecule has 0 N–H and O–H groups in total. The summed E-state index contributed by atoms with van der Waals surface area (Å²) in [5.41, 5.74) is 0.166. The number of ether oxygens (including phenoxy) is 1. The van der Waals surface area contributed by atoms with Crippen LogP contribution in [0.2, 0.25) is 0 Å². The number of hydrogen-bond acceptors (Lipinski definition) is 1. The summed E-state index contributed by atoms with van der Waals surface area (Å²) in [6.07, 6.45) is 13.1. The molecule has 17 heavy (non-hydrogen) atoms. The predicted octanol–water partition coefficient (Wildman–Crippen LogP) is 4.94. The van der Waals surface area contributed by atoms with Crippen molar-refractivity contribution in [2.24, 2.45) is 11.8 Å². The van der Waals surface area contributed by atoms with E-state index in [1.807, 2.05) is 0 Å². The Bertz CT molecular complexity index is 224. The van der Waals surface area contributed by atoms with E-state index < -0.39 is 0 Å². The zero-order valence-electron chi connectivity index (χ0n) is 12.0. The first-order valence-electron chi connectivity index (χ1n) is 7.78. The summed E-state index contributed by atoms with van der Waals surface area (Å²) < 4.78 is 6.38. The summed E-state index contributed by atoms with van der Waals surface area (Å²) >= 11 is 0. The van der Waals surface area contributed by atoms with Crippen molar-refractivity contribution < 1.29 is 4.74 Å². The molecular weight excluding hydrogens is 208 g/mol. The smallest absolute Gasteiger partial charge is 0.0688 e. The monoisotopic (exact) mass is 238 g/mol. The van der Waals surface area contributed by atoms with Gasteiger partial charge in [-0.3, -0.25) is 0 Å². The Morgan fingerprint density at radius 1 is 1.00 bits per heavy atom. The fraction of sp³-hybridized carbons (Fsp3) is 1.00. The largest absolute Gasteiger partial charge is 0.372 e. The van der Waals surface area contributed by atoms with Gasteiger partial charge in [-0.2, -0.15) is 0 Å². The Kier molecular flexibility index (Phi) is 4.52. The third-order valence-electron chi connectivity index (χ3n) is 4.89. The van der Waals surface area contributed by atoms with Gasteiger partial charge in [-0.1, -0.05) is 38.5 Å². The number of rotatable bonds is 5. The van der Waals surface area contributed by atoms with E-state index in [1.54, 1.807) is 0 Å². The van der Waals surface area contributed by atoms with Crippen LogP contribution in [-0.2, 0) is 4.74 Å². The van der Waals surface area contributed by atoms with Gasteiger partial charge in [-0.15, -0.1) is 0 Å². The first kappa shape index (κ1) is 13.4. The molecule has 2 rings (SSSR count). The zero-order valence-corrected chi connectivity index (χ0v) is 12.0. The van der Waals surface area contributed by atoms with Crippen LogP contribution in [0.25, 0.3) is 0 Å². The molecule has 2 fully saturated rings. The van der Waals surface area contributed by atoms with Gasteiger partial charge in [0.25, 0.3) is 0 Å². The molecule has 0 aliphatic heterocycles. The second-order valence-corrected chi connectivity index (χ2v) is 6.82. The van der Waals surface area contributed by atoms with Crippen LogP contribution in [0.15, 0.2) is 0 Å². The molecule has 0 aromatic rings. The molecular formula is C16H30O. The summed E-state index contributed by atoms with van der Waals surface area (Å²) in [5.74, 6) is 1.77. The molecule has 1 heteroatoms. The van der Waals surface area contributed by atoms with Crippen LogP contribution in [0.5, 0.6) is 0 Å². The van der Waals surface area contributed by atoms with Gasteiger partial charge in [0, 0.05) is 0 Å². The highest BCUT2D eigenvalue weighted by Gasteiger charge is 2.39. The predicted molar refractivity (Wildman–Crippen MR) is 73.2 cm³/mol. The van der Waals surface area contributed by atoms with Crippen molar-refractivity contribution in [2.45, 2.75) is 90.3 Å². The minimum atomic E-state index is 0.166. The molecule has 2 saturated carbocycles. The van der Waals surface area contributed by atoms with Crippen LogP contribution in [-0.4, -0.2) is 11.7 Å². The van der Waals surface area contributed by atoms with Gasteiger partial charge < -0.3 is 4.74 Å². The third-order valence-corrected chi connectivity index (χ3v) is 4.89. The van der Waals surface area contributed by atoms with Crippen LogP contribution in [0, 0.1) is 11.8 Å². The van der Waals surface area contributed by atoms with Crippen LogP contribution in [0.1, 0.15) is 78.6 Å². The molecule has 0 amide bonds. The van der Waals surface area contributed by atoms with Crippen molar-refractivity contribution in [1.82, 2.24) is 0 Å². The maximum Gasteiger partial charge on any atom is 0.0688 e. The first-order chi connectivity index (χ1) is 8.10. The van der Waals surface area contributed by atoms with E-state index in [0.29, 0.717) is 6.10 Å². The second kappa shape index (κ2) is 5.73. The van der Waals surface area contributed by atoms with E-state index in [1.165, 1.54) is 57.8 Å². The average Bonchev–Trinajstić information content (AvgIpc) is 2.86. The van der Waals surface area contributed by atoms with E-state index >= 15 is 0 Å². The third kappa shape index (κ3) is 3.47. The lowest BCUT2D eigenvalue weighted by Gasteiger charge is -2.39. The Hall–Kier alpha value is -0.0400. The van der Waals surface area contributed by atoms with Gasteiger partial charge in [0.1, 0.15) is 0 Å². The lowest BCUT2D eigenvalue weighted by molar-refractivity contribution is -0.116. The summed E-state index contributed by atoms with van der Waals surface area (Å²) in [6.45, 7) is 6.80. The van der Waals surface area contributed by atoms with Gasteiger partial charge >= 0.3 is 0 Å². The van der Waals surface area contributed by atoms with Gasteiger partial charge in [0.2, 0.25) is 0 Å². The molecule has 1 atom stereocenters. The normalized spacial score (nSPS) is 26.8. The Morgan fingerprint density at radius 3 is 2.06 bits per heavy atom. The lowest BCUT2D eigenvalue weighted by Crippen LogP contribution is -2.40. The van der Waals surface area contributed by atoms with E-state index in [9.17, 15) is 0 Å². The highest BCUT2D eigenvalue weighted by Crippen LogP contribution is 2.43. The topological polar surface area (TPSA) is 9.23 Å². The highest BCUT2D eigenvalue weighted by atomic mass is 16.5. The van der Waals surface area contributed by atoms with Crippen molar-refractivity contribution in [3.8, 4) is 0 Å². The summed E-state index contributed by atoms with van der Waals surface area (Å²) in [6, 6.07) is 0. The summed E-state index contributed by atoms with van der Waals surface area (Å²) in [7, 11) is 0. The highest BCUT2D eigenvalue weighted by molar-refractivity contribution is 4.90. The van der Waals surface area contributed by atoms with Crippen LogP contribution in [0.4, 0.5) is 0 Å². The van der Waals surface area contributed by atoms with Crippen molar-refractivity contribution in [3.05, 3.63) is 0 Å². The SMILES string of the molecule is CC(C)OC(C)(CC1CCCC1)C1CCCC1. The van der Waals surface area contributed by atoms with Crippen LogP contribution < -0.4 is 0 Å². The number of hydrogen-bond donors (Lipinski definition) is 0. The van der Waals surface area contributed by atoms with Gasteiger partial charge in [-0.25, -0.2) is 0 Å². The Morgan fingerprint density at radius 2 is 1.53 bits per heavy atom. The quantitative estimate of drug-likeness (QED) is 0.659. The second-order valence-electron chi connectivity index (χ2n) is 6.82. The van der Waals surface area contributed by atoms with Gasteiger partial charge in [0.15, 0.2) is 0 Å². The van der Waals surface area contributed by atoms with Crippen LogP contribution >= 0.6 is 0 Å². The maximum atomic E-state index is 6.38. The fourth-order valence-electron chi connectivity index (χ4n) is 4.17. The first-order valence-corrected chi connectivity index (χ1v) is 7.78. The molecule has 0 spiro atoms. The van der Waals surface area contributed by atoms with Gasteiger partial charge in [0.05, 0.1) is 11.7 Å². The molecule has 100 valence electrons. The molecule has 0 aromatic heterocycles. The maximum absolute atomic E-state index is 6.38. The molecule has 0 bridgehead atoms. The van der Waals surface area contributed by atoms with Crippen molar-refractivity contribution in [3.63, 3.8) is 0 Å². The molecule has 0 radical (unpaired) electrons. The standard InChI is InChI=1S/C16H30O/c1-13(2)17-16(3,15-10-6-7-11-15)12-14-8-4-5-9-14/h13-15H,4-12H2,1-3H3. The minimum Gasteiger partial charge on any atom is -0.372 e. The van der Waals surface area contributed by atoms with E-state index in [4.69, 9.17) is 4.74 Å². The molecule has 0 heterocycles. The average molecular weight is 238 g/mol. The zero-order chi connectivity index (χ0) is 12.3. The molecule has 0 aromatic carbocycles. The molecule has 1 unspecified atom stereocenters. The fourth-order valence-corrected chi connectivity index (χ4v) is 4.17. The Balaban J connectivity index is 1.99. The van der Waals surface area contributed by atoms with Gasteiger partial charge in [-0.05, 0) is 51.9 Å². The lowest BCUT2D eigenvalue weighted by atomic mass is 9.79. The van der Waals surface area contributed by atoms with E-state index in [2.05, 4.69) is 20.8 Å². The molecule has 2 aliphatic carbocycles. The minimum absolute atomic E-state index is 0.166. The molecule has 1 nitrogen and oxygen atoms in total. The van der Waals surface area contributed by atoms with Crippen LogP contribution in [0.3, 0.4) is 0 Å². The molecule has 2 aliphatic rings. The summed E-state index contributed by atoms with van der Waals surface area (Å²) in [4.78, 5) is 0. The molecule has 0 saturated heterocycles.